The van der Waals surface area contributed by atoms with Gasteiger partial charge in [-0.05, 0) is 20.9 Å². The average Bonchev–Trinajstić information content (AvgIpc) is 2.07. The van der Waals surface area contributed by atoms with Crippen LogP contribution in [0.2, 0.25) is 0 Å². The molecule has 0 amide bonds. The van der Waals surface area contributed by atoms with Crippen LogP contribution < -0.4 is 5.32 Å². The van der Waals surface area contributed by atoms with Gasteiger partial charge in [-0.15, -0.1) is 6.42 Å². The average molecular weight is 171 g/mol. The minimum Gasteiger partial charge on any atom is -0.350 e. The lowest BCUT2D eigenvalue weighted by Gasteiger charge is -2.21. The lowest BCUT2D eigenvalue weighted by atomic mass is 10.3. The molecule has 70 valence electrons. The molecule has 3 nitrogen and oxygen atoms in total. The first-order valence-corrected chi connectivity index (χ1v) is 4.16. The molecule has 1 atom stereocenters. The summed E-state index contributed by atoms with van der Waals surface area (Å²) >= 11 is 0. The quantitative estimate of drug-likeness (QED) is 0.469. The maximum absolute atomic E-state index is 5.30. The smallest absolute Gasteiger partial charge is 0.184 e. The Labute approximate surface area is 74.4 Å². The molecule has 0 heterocycles. The van der Waals surface area contributed by atoms with Gasteiger partial charge in [-0.2, -0.15) is 0 Å². The third-order valence-electron chi connectivity index (χ3n) is 1.42. The van der Waals surface area contributed by atoms with Crippen molar-refractivity contribution in [1.82, 2.24) is 5.32 Å². The van der Waals surface area contributed by atoms with Gasteiger partial charge in [-0.25, -0.2) is 0 Å². The molecule has 0 saturated heterocycles. The Hall–Kier alpha value is -0.560. The third-order valence-corrected chi connectivity index (χ3v) is 1.42. The van der Waals surface area contributed by atoms with Crippen LogP contribution in [0.15, 0.2) is 0 Å². The summed E-state index contributed by atoms with van der Waals surface area (Å²) in [6.07, 6.45) is 4.93. The fourth-order valence-corrected chi connectivity index (χ4v) is 0.867. The Kier molecular flexibility index (Phi) is 6.78. The van der Waals surface area contributed by atoms with Crippen molar-refractivity contribution in [3.8, 4) is 12.3 Å². The van der Waals surface area contributed by atoms with Gasteiger partial charge in [0.1, 0.15) is 6.04 Å². The first-order valence-electron chi connectivity index (χ1n) is 4.16. The Morgan fingerprint density at radius 2 is 1.83 bits per heavy atom. The number of hydrogen-bond donors (Lipinski definition) is 1. The zero-order valence-corrected chi connectivity index (χ0v) is 7.96. The zero-order chi connectivity index (χ0) is 9.40. The SMILES string of the molecule is C#CC(NC)C(OCC)OCC. The lowest BCUT2D eigenvalue weighted by Crippen LogP contribution is -2.40. The van der Waals surface area contributed by atoms with Crippen LogP contribution >= 0.6 is 0 Å². The largest absolute Gasteiger partial charge is 0.350 e. The number of rotatable bonds is 6. The van der Waals surface area contributed by atoms with Gasteiger partial charge < -0.3 is 14.8 Å². The maximum atomic E-state index is 5.30. The van der Waals surface area contributed by atoms with Crippen LogP contribution in [0, 0.1) is 12.3 Å². The first-order chi connectivity index (χ1) is 5.79. The lowest BCUT2D eigenvalue weighted by molar-refractivity contribution is -0.143. The van der Waals surface area contributed by atoms with E-state index in [1.807, 2.05) is 13.8 Å². The molecule has 0 fully saturated rings. The molecule has 0 aromatic carbocycles. The minimum atomic E-state index is -0.338. The van der Waals surface area contributed by atoms with Crippen molar-refractivity contribution in [2.24, 2.45) is 0 Å². The van der Waals surface area contributed by atoms with Gasteiger partial charge in [0.05, 0.1) is 0 Å². The predicted molar refractivity (Wildman–Crippen MR) is 48.7 cm³/mol. The molecule has 0 aliphatic rings. The predicted octanol–water partition coefficient (Wildman–Crippen LogP) is 0.607. The first kappa shape index (κ1) is 11.4. The van der Waals surface area contributed by atoms with E-state index in [4.69, 9.17) is 15.9 Å². The highest BCUT2D eigenvalue weighted by atomic mass is 16.7. The monoisotopic (exact) mass is 171 g/mol. The van der Waals surface area contributed by atoms with Crippen molar-refractivity contribution in [2.75, 3.05) is 20.3 Å². The molecule has 0 radical (unpaired) electrons. The van der Waals surface area contributed by atoms with E-state index in [9.17, 15) is 0 Å². The molecule has 0 bridgehead atoms. The van der Waals surface area contributed by atoms with E-state index in [0.29, 0.717) is 13.2 Å². The second kappa shape index (κ2) is 7.11. The molecule has 0 aromatic rings. The number of likely N-dealkylation sites (N-methyl/N-ethyl adjacent to an activating group) is 1. The van der Waals surface area contributed by atoms with Crippen LogP contribution in [0.3, 0.4) is 0 Å². The molecule has 1 unspecified atom stereocenters. The van der Waals surface area contributed by atoms with Crippen LogP contribution in [-0.4, -0.2) is 32.6 Å². The third kappa shape index (κ3) is 3.72. The van der Waals surface area contributed by atoms with Crippen molar-refractivity contribution in [1.29, 1.82) is 0 Å². The Morgan fingerprint density at radius 3 is 2.08 bits per heavy atom. The van der Waals surface area contributed by atoms with E-state index in [1.54, 1.807) is 7.05 Å². The van der Waals surface area contributed by atoms with E-state index in [-0.39, 0.29) is 12.3 Å². The molecule has 1 N–H and O–H groups in total. The summed E-state index contributed by atoms with van der Waals surface area (Å²) in [4.78, 5) is 0. The number of nitrogens with one attached hydrogen (secondary N) is 1. The summed E-state index contributed by atoms with van der Waals surface area (Å²) in [5, 5.41) is 2.94. The molecule has 12 heavy (non-hydrogen) atoms. The van der Waals surface area contributed by atoms with Crippen LogP contribution in [0.5, 0.6) is 0 Å². The molecule has 0 saturated carbocycles. The van der Waals surface area contributed by atoms with Crippen molar-refractivity contribution in [3.63, 3.8) is 0 Å². The highest BCUT2D eigenvalue weighted by molar-refractivity contribution is 5.00. The topological polar surface area (TPSA) is 30.5 Å². The van der Waals surface area contributed by atoms with E-state index in [1.165, 1.54) is 0 Å². The molecule has 0 aromatic heterocycles. The van der Waals surface area contributed by atoms with E-state index in [2.05, 4.69) is 11.2 Å². The van der Waals surface area contributed by atoms with E-state index in [0.717, 1.165) is 0 Å². The second-order valence-corrected chi connectivity index (χ2v) is 2.21. The van der Waals surface area contributed by atoms with Crippen LogP contribution in [0.4, 0.5) is 0 Å². The van der Waals surface area contributed by atoms with Gasteiger partial charge in [-0.1, -0.05) is 5.92 Å². The van der Waals surface area contributed by atoms with Gasteiger partial charge >= 0.3 is 0 Å². The Balaban J connectivity index is 3.97. The summed E-state index contributed by atoms with van der Waals surface area (Å²) in [5.74, 6) is 2.56. The van der Waals surface area contributed by atoms with Crippen LogP contribution in [0.25, 0.3) is 0 Å². The van der Waals surface area contributed by atoms with Crippen molar-refractivity contribution in [2.45, 2.75) is 26.2 Å². The van der Waals surface area contributed by atoms with Gasteiger partial charge in [0.2, 0.25) is 0 Å². The summed E-state index contributed by atoms with van der Waals surface area (Å²) in [6.45, 7) is 5.03. The Morgan fingerprint density at radius 1 is 1.33 bits per heavy atom. The minimum absolute atomic E-state index is 0.176. The number of ether oxygens (including phenoxy) is 2. The summed E-state index contributed by atoms with van der Waals surface area (Å²) in [6, 6.07) is -0.176. The second-order valence-electron chi connectivity index (χ2n) is 2.21. The van der Waals surface area contributed by atoms with Gasteiger partial charge in [-0.3, -0.25) is 0 Å². The van der Waals surface area contributed by atoms with Crippen LogP contribution in [0.1, 0.15) is 13.8 Å². The van der Waals surface area contributed by atoms with E-state index < -0.39 is 0 Å². The van der Waals surface area contributed by atoms with Crippen molar-refractivity contribution in [3.05, 3.63) is 0 Å². The highest BCUT2D eigenvalue weighted by Gasteiger charge is 2.17. The molecular weight excluding hydrogens is 154 g/mol. The highest BCUT2D eigenvalue weighted by Crippen LogP contribution is 2.00. The van der Waals surface area contributed by atoms with E-state index >= 15 is 0 Å². The zero-order valence-electron chi connectivity index (χ0n) is 7.96. The van der Waals surface area contributed by atoms with Crippen molar-refractivity contribution >= 4 is 0 Å². The molecule has 0 aliphatic heterocycles. The summed E-state index contributed by atoms with van der Waals surface area (Å²) < 4.78 is 10.6. The molecular formula is C9H17NO2. The standard InChI is InChI=1S/C9H17NO2/c1-5-8(10-4)9(11-6-2)12-7-3/h1,8-10H,6-7H2,2-4H3. The Bertz CT molecular complexity index is 136. The molecule has 0 rings (SSSR count). The summed E-state index contributed by atoms with van der Waals surface area (Å²) in [5.41, 5.74) is 0. The van der Waals surface area contributed by atoms with Gasteiger partial charge in [0.25, 0.3) is 0 Å². The van der Waals surface area contributed by atoms with Crippen molar-refractivity contribution < 1.29 is 9.47 Å². The fraction of sp³-hybridized carbons (Fsp3) is 0.778. The fourth-order valence-electron chi connectivity index (χ4n) is 0.867. The molecule has 0 aliphatic carbocycles. The van der Waals surface area contributed by atoms with Gasteiger partial charge in [0, 0.05) is 13.2 Å². The number of terminal acetylenes is 1. The normalized spacial score (nSPS) is 12.9. The molecule has 3 heteroatoms. The summed E-state index contributed by atoms with van der Waals surface area (Å²) in [7, 11) is 1.79. The maximum Gasteiger partial charge on any atom is 0.184 e. The molecule has 0 spiro atoms. The van der Waals surface area contributed by atoms with Gasteiger partial charge in [0.15, 0.2) is 6.29 Å². The number of hydrogen-bond acceptors (Lipinski definition) is 3. The van der Waals surface area contributed by atoms with Crippen LogP contribution in [-0.2, 0) is 9.47 Å².